The number of rotatable bonds is 4. The quantitative estimate of drug-likeness (QED) is 0.652. The summed E-state index contributed by atoms with van der Waals surface area (Å²) in [7, 11) is 1.58. The lowest BCUT2D eigenvalue weighted by Crippen LogP contribution is -1.98. The van der Waals surface area contributed by atoms with E-state index in [4.69, 9.17) is 22.1 Å². The summed E-state index contributed by atoms with van der Waals surface area (Å²) in [6, 6.07) is 17.1. The Bertz CT molecular complexity index is 619. The predicted octanol–water partition coefficient (Wildman–Crippen LogP) is 4.66. The fourth-order valence-electron chi connectivity index (χ4n) is 1.64. The number of thiocarbonyl (C=S) groups is 2. The second-order valence-corrected chi connectivity index (χ2v) is 5.11. The highest BCUT2D eigenvalue weighted by molar-refractivity contribution is 7.80. The Balaban J connectivity index is 0.000000235. The van der Waals surface area contributed by atoms with Crippen molar-refractivity contribution in [1.82, 2.24) is 0 Å². The molecule has 2 aromatic carbocycles. The second-order valence-electron chi connectivity index (χ2n) is 4.35. The molecule has 0 unspecified atom stereocenters. The van der Waals surface area contributed by atoms with Crippen molar-refractivity contribution >= 4 is 34.5 Å². The zero-order valence-electron chi connectivity index (χ0n) is 12.4. The molecule has 0 aromatic heterocycles. The highest BCUT2D eigenvalue weighted by atomic mass is 32.1. The summed E-state index contributed by atoms with van der Waals surface area (Å²) in [6.45, 7) is 3.68. The van der Waals surface area contributed by atoms with Gasteiger partial charge in [0, 0.05) is 11.1 Å². The van der Waals surface area contributed by atoms with Gasteiger partial charge in [0.15, 0.2) is 10.1 Å². The first kappa shape index (κ1) is 18.0. The Morgan fingerprint density at radius 3 is 2.05 bits per heavy atom. The topological polar surface area (TPSA) is 29.5 Å². The maximum absolute atomic E-state index is 8.76. The van der Waals surface area contributed by atoms with Crippen molar-refractivity contribution < 1.29 is 9.84 Å². The lowest BCUT2D eigenvalue weighted by molar-refractivity contribution is 0.416. The van der Waals surface area contributed by atoms with Crippen LogP contribution < -0.4 is 0 Å². The van der Waals surface area contributed by atoms with Gasteiger partial charge in [-0.05, 0) is 36.4 Å². The zero-order valence-corrected chi connectivity index (χ0v) is 14.0. The van der Waals surface area contributed by atoms with Gasteiger partial charge in [-0.25, -0.2) is 0 Å². The molecule has 4 heteroatoms. The first-order chi connectivity index (χ1) is 10.6. The molecule has 22 heavy (non-hydrogen) atoms. The summed E-state index contributed by atoms with van der Waals surface area (Å²) < 4.78 is 4.95. The van der Waals surface area contributed by atoms with E-state index < -0.39 is 0 Å². The van der Waals surface area contributed by atoms with E-state index in [0.29, 0.717) is 10.6 Å². The lowest BCUT2D eigenvalue weighted by atomic mass is 10.1. The van der Waals surface area contributed by atoms with Crippen LogP contribution in [0.25, 0.3) is 0 Å². The third-order valence-corrected chi connectivity index (χ3v) is 3.41. The van der Waals surface area contributed by atoms with Gasteiger partial charge in [-0.15, -0.1) is 6.58 Å². The average Bonchev–Trinajstić information content (AvgIpc) is 2.56. The molecule has 0 spiro atoms. The predicted molar refractivity (Wildman–Crippen MR) is 99.8 cm³/mol. The minimum absolute atomic E-state index is 0.0457. The van der Waals surface area contributed by atoms with Crippen LogP contribution in [0, 0.1) is 0 Å². The van der Waals surface area contributed by atoms with Crippen molar-refractivity contribution in [3.8, 4) is 0 Å². The van der Waals surface area contributed by atoms with E-state index in [1.807, 2.05) is 48.5 Å². The van der Waals surface area contributed by atoms with E-state index >= 15 is 0 Å². The second kappa shape index (κ2) is 9.82. The van der Waals surface area contributed by atoms with Crippen LogP contribution in [0.5, 0.6) is 0 Å². The molecule has 114 valence electrons. The van der Waals surface area contributed by atoms with Crippen LogP contribution in [0.1, 0.15) is 16.7 Å². The molecule has 2 nitrogen and oxygen atoms in total. The number of aliphatic hydroxyl groups is 1. The van der Waals surface area contributed by atoms with Crippen LogP contribution in [-0.4, -0.2) is 22.3 Å². The number of ether oxygens (including phenoxy) is 1. The first-order valence-corrected chi connectivity index (χ1v) is 7.46. The number of aliphatic hydroxyl groups excluding tert-OH is 1. The zero-order chi connectivity index (χ0) is 16.4. The van der Waals surface area contributed by atoms with Gasteiger partial charge in [0.1, 0.15) is 0 Å². The Kier molecular flexibility index (Phi) is 8.04. The number of hydrogen-bond acceptors (Lipinski definition) is 3. The monoisotopic (exact) mass is 330 g/mol. The largest absolute Gasteiger partial charge is 0.499 e. The molecule has 2 rings (SSSR count). The lowest BCUT2D eigenvalue weighted by Gasteiger charge is -2.02. The van der Waals surface area contributed by atoms with Crippen molar-refractivity contribution in [2.24, 2.45) is 0 Å². The Hall–Kier alpha value is -2.04. The van der Waals surface area contributed by atoms with E-state index in [2.05, 4.69) is 18.8 Å². The van der Waals surface area contributed by atoms with E-state index in [1.165, 1.54) is 5.56 Å². The first-order valence-electron chi connectivity index (χ1n) is 6.65. The third-order valence-electron chi connectivity index (χ3n) is 2.78. The highest BCUT2D eigenvalue weighted by Gasteiger charge is 1.98. The SMILES string of the molecule is C=CCc1ccc(C(=S)OC)cc1.OC(=S)c1ccccc1. The Morgan fingerprint density at radius 2 is 1.64 bits per heavy atom. The maximum atomic E-state index is 8.76. The normalized spacial score (nSPS) is 9.14. The number of hydrogen-bond donors (Lipinski definition) is 1. The Morgan fingerprint density at radius 1 is 1.05 bits per heavy atom. The summed E-state index contributed by atoms with van der Waals surface area (Å²) in [4.78, 5) is 0. The molecule has 0 aliphatic rings. The smallest absolute Gasteiger partial charge is 0.190 e. The summed E-state index contributed by atoms with van der Waals surface area (Å²) in [5, 5.41) is 9.24. The fourth-order valence-corrected chi connectivity index (χ4v) is 1.91. The fraction of sp³-hybridized carbons (Fsp3) is 0.111. The Labute approximate surface area is 142 Å². The molecule has 1 N–H and O–H groups in total. The van der Waals surface area contributed by atoms with Gasteiger partial charge in [0.05, 0.1) is 7.11 Å². The summed E-state index contributed by atoms with van der Waals surface area (Å²) in [5.74, 6) is 0. The minimum Gasteiger partial charge on any atom is -0.499 e. The van der Waals surface area contributed by atoms with Crippen molar-refractivity contribution in [1.29, 1.82) is 0 Å². The van der Waals surface area contributed by atoms with Crippen LogP contribution in [0.3, 0.4) is 0 Å². The van der Waals surface area contributed by atoms with E-state index in [0.717, 1.165) is 12.0 Å². The molecule has 2 aromatic rings. The summed E-state index contributed by atoms with van der Waals surface area (Å²) >= 11 is 9.50. The van der Waals surface area contributed by atoms with Gasteiger partial charge >= 0.3 is 0 Å². The molecule has 0 bridgehead atoms. The summed E-state index contributed by atoms with van der Waals surface area (Å²) in [5.41, 5.74) is 2.88. The maximum Gasteiger partial charge on any atom is 0.190 e. The van der Waals surface area contributed by atoms with Gasteiger partial charge in [-0.1, -0.05) is 60.7 Å². The molecule has 0 fully saturated rings. The standard InChI is InChI=1S/C11H12OS.C7H6OS/c1-3-4-9-5-7-10(8-6-9)11(13)12-2;8-7(9)6-4-2-1-3-5-6/h3,5-8H,1,4H2,2H3;1-5H,(H,8,9). The van der Waals surface area contributed by atoms with Crippen LogP contribution in [0.15, 0.2) is 67.3 Å². The number of benzene rings is 2. The van der Waals surface area contributed by atoms with Crippen LogP contribution in [0.2, 0.25) is 0 Å². The van der Waals surface area contributed by atoms with Crippen LogP contribution >= 0.6 is 24.4 Å². The molecule has 0 aliphatic heterocycles. The highest BCUT2D eigenvalue weighted by Crippen LogP contribution is 2.07. The summed E-state index contributed by atoms with van der Waals surface area (Å²) in [6.07, 6.45) is 2.77. The van der Waals surface area contributed by atoms with Crippen molar-refractivity contribution in [3.63, 3.8) is 0 Å². The van der Waals surface area contributed by atoms with E-state index in [9.17, 15) is 0 Å². The van der Waals surface area contributed by atoms with Gasteiger partial charge in [-0.3, -0.25) is 0 Å². The van der Waals surface area contributed by atoms with Crippen molar-refractivity contribution in [3.05, 3.63) is 83.9 Å². The van der Waals surface area contributed by atoms with Crippen molar-refractivity contribution in [2.75, 3.05) is 7.11 Å². The number of allylic oxidation sites excluding steroid dienone is 1. The molecular formula is C18H18O2S2. The van der Waals surface area contributed by atoms with E-state index in [1.54, 1.807) is 19.2 Å². The van der Waals surface area contributed by atoms with Crippen LogP contribution in [0.4, 0.5) is 0 Å². The molecule has 0 saturated carbocycles. The molecule has 0 radical (unpaired) electrons. The third kappa shape index (κ3) is 6.16. The molecule has 0 atom stereocenters. The van der Waals surface area contributed by atoms with Gasteiger partial charge < -0.3 is 9.84 Å². The molecular weight excluding hydrogens is 312 g/mol. The average molecular weight is 330 g/mol. The molecule has 0 heterocycles. The number of methoxy groups -OCH3 is 1. The molecule has 0 saturated heterocycles. The van der Waals surface area contributed by atoms with Crippen LogP contribution in [-0.2, 0) is 11.2 Å². The van der Waals surface area contributed by atoms with Gasteiger partial charge in [0.2, 0.25) is 0 Å². The minimum atomic E-state index is -0.0457. The molecule has 0 amide bonds. The molecule has 0 aliphatic carbocycles. The van der Waals surface area contributed by atoms with E-state index in [-0.39, 0.29) is 5.05 Å². The van der Waals surface area contributed by atoms with Gasteiger partial charge in [-0.2, -0.15) is 0 Å². The van der Waals surface area contributed by atoms with Gasteiger partial charge in [0.25, 0.3) is 0 Å². The van der Waals surface area contributed by atoms with Crippen molar-refractivity contribution in [2.45, 2.75) is 6.42 Å².